The lowest BCUT2D eigenvalue weighted by atomic mass is 10.2. The molecule has 6 nitrogen and oxygen atoms in total. The number of carbonyl (C=O) groups excluding carboxylic acids is 2. The van der Waals surface area contributed by atoms with Crippen molar-refractivity contribution in [2.45, 2.75) is 6.42 Å². The van der Waals surface area contributed by atoms with Gasteiger partial charge >= 0.3 is 5.97 Å². The Balaban J connectivity index is 1.91. The minimum Gasteiger partial charge on any atom is -0.469 e. The van der Waals surface area contributed by atoms with Crippen LogP contribution in [0.2, 0.25) is 0 Å². The SMILES string of the molecule is COC(=O)Cc1csc(NC(=O)/C=C/c2cccnc2)n1. The molecule has 1 amide bonds. The Hall–Kier alpha value is -2.54. The van der Waals surface area contributed by atoms with Crippen LogP contribution in [-0.4, -0.2) is 29.0 Å². The number of hydrogen-bond donors (Lipinski definition) is 1. The van der Waals surface area contributed by atoms with Crippen LogP contribution in [0, 0.1) is 0 Å². The molecule has 2 aromatic rings. The Morgan fingerprint density at radius 2 is 2.33 bits per heavy atom. The first-order valence-electron chi connectivity index (χ1n) is 6.07. The Morgan fingerprint density at radius 1 is 1.48 bits per heavy atom. The van der Waals surface area contributed by atoms with Gasteiger partial charge in [0.1, 0.15) is 0 Å². The molecule has 108 valence electrons. The lowest BCUT2D eigenvalue weighted by Crippen LogP contribution is -2.08. The lowest BCUT2D eigenvalue weighted by Gasteiger charge is -1.96. The number of nitrogens with zero attached hydrogens (tertiary/aromatic N) is 2. The maximum atomic E-state index is 11.7. The average molecular weight is 303 g/mol. The van der Waals surface area contributed by atoms with Crippen LogP contribution >= 0.6 is 11.3 Å². The summed E-state index contributed by atoms with van der Waals surface area (Å²) in [6, 6.07) is 3.63. The van der Waals surface area contributed by atoms with Crippen molar-refractivity contribution in [2.24, 2.45) is 0 Å². The number of carbonyl (C=O) groups is 2. The van der Waals surface area contributed by atoms with Crippen LogP contribution in [-0.2, 0) is 20.7 Å². The molecule has 7 heteroatoms. The summed E-state index contributed by atoms with van der Waals surface area (Å²) in [4.78, 5) is 30.9. The molecular weight excluding hydrogens is 290 g/mol. The molecule has 2 aromatic heterocycles. The van der Waals surface area contributed by atoms with Crippen molar-refractivity contribution in [3.63, 3.8) is 0 Å². The number of pyridine rings is 1. The quantitative estimate of drug-likeness (QED) is 0.674. The Bertz CT molecular complexity index is 652. The van der Waals surface area contributed by atoms with Gasteiger partial charge in [-0.1, -0.05) is 6.07 Å². The summed E-state index contributed by atoms with van der Waals surface area (Å²) in [5.41, 5.74) is 1.40. The fourth-order valence-corrected chi connectivity index (χ4v) is 2.17. The number of methoxy groups -OCH3 is 1. The molecule has 2 heterocycles. The molecule has 0 fully saturated rings. The molecular formula is C14H13N3O3S. The number of rotatable bonds is 5. The largest absolute Gasteiger partial charge is 0.469 e. The molecule has 0 bridgehead atoms. The van der Waals surface area contributed by atoms with Crippen molar-refractivity contribution >= 4 is 34.4 Å². The van der Waals surface area contributed by atoms with Crippen molar-refractivity contribution in [3.05, 3.63) is 47.2 Å². The lowest BCUT2D eigenvalue weighted by molar-refractivity contribution is -0.139. The highest BCUT2D eigenvalue weighted by Crippen LogP contribution is 2.16. The van der Waals surface area contributed by atoms with E-state index in [4.69, 9.17) is 0 Å². The van der Waals surface area contributed by atoms with Crippen LogP contribution in [0.1, 0.15) is 11.3 Å². The molecule has 0 radical (unpaired) electrons. The van der Waals surface area contributed by atoms with Crippen molar-refractivity contribution in [1.29, 1.82) is 0 Å². The fraction of sp³-hybridized carbons (Fsp3) is 0.143. The highest BCUT2D eigenvalue weighted by atomic mass is 32.1. The van der Waals surface area contributed by atoms with E-state index in [1.807, 2.05) is 6.07 Å². The highest BCUT2D eigenvalue weighted by Gasteiger charge is 2.08. The topological polar surface area (TPSA) is 81.2 Å². The smallest absolute Gasteiger partial charge is 0.311 e. The van der Waals surface area contributed by atoms with Crippen molar-refractivity contribution < 1.29 is 14.3 Å². The predicted octanol–water partition coefficient (Wildman–Crippen LogP) is 1.91. The van der Waals surface area contributed by atoms with Gasteiger partial charge in [0, 0.05) is 23.8 Å². The number of thiazole rings is 1. The fourth-order valence-electron chi connectivity index (χ4n) is 1.46. The molecule has 21 heavy (non-hydrogen) atoms. The second-order valence-electron chi connectivity index (χ2n) is 4.01. The highest BCUT2D eigenvalue weighted by molar-refractivity contribution is 7.14. The first-order chi connectivity index (χ1) is 10.2. The summed E-state index contributed by atoms with van der Waals surface area (Å²) in [6.07, 6.45) is 6.47. The first kappa shape index (κ1) is 14.9. The summed E-state index contributed by atoms with van der Waals surface area (Å²) >= 11 is 1.25. The van der Waals surface area contributed by atoms with Gasteiger partial charge < -0.3 is 4.74 Å². The Morgan fingerprint density at radius 3 is 3.05 bits per heavy atom. The van der Waals surface area contributed by atoms with E-state index in [-0.39, 0.29) is 18.3 Å². The minimum absolute atomic E-state index is 0.0917. The van der Waals surface area contributed by atoms with E-state index in [0.29, 0.717) is 10.8 Å². The number of ether oxygens (including phenoxy) is 1. The molecule has 0 unspecified atom stereocenters. The van der Waals surface area contributed by atoms with Crippen LogP contribution in [0.5, 0.6) is 0 Å². The number of esters is 1. The van der Waals surface area contributed by atoms with Gasteiger partial charge in [0.05, 0.1) is 19.2 Å². The van der Waals surface area contributed by atoms with Crippen molar-refractivity contribution in [3.8, 4) is 0 Å². The van der Waals surface area contributed by atoms with Gasteiger partial charge in [-0.25, -0.2) is 4.98 Å². The molecule has 0 aliphatic rings. The maximum Gasteiger partial charge on any atom is 0.311 e. The van der Waals surface area contributed by atoms with Gasteiger partial charge in [-0.05, 0) is 17.7 Å². The van der Waals surface area contributed by atoms with Crippen LogP contribution in [0.3, 0.4) is 0 Å². The van der Waals surface area contributed by atoms with Gasteiger partial charge in [0.25, 0.3) is 0 Å². The Kier molecular flexibility index (Phi) is 5.16. The van der Waals surface area contributed by atoms with Gasteiger partial charge in [0.2, 0.25) is 5.91 Å². The molecule has 0 aliphatic heterocycles. The van der Waals surface area contributed by atoms with E-state index in [2.05, 4.69) is 20.0 Å². The zero-order chi connectivity index (χ0) is 15.1. The van der Waals surface area contributed by atoms with Crippen LogP contribution < -0.4 is 5.32 Å². The van der Waals surface area contributed by atoms with Gasteiger partial charge in [-0.15, -0.1) is 11.3 Å². The molecule has 0 saturated heterocycles. The van der Waals surface area contributed by atoms with E-state index in [1.165, 1.54) is 24.5 Å². The standard InChI is InChI=1S/C14H13N3O3S/c1-20-13(19)7-11-9-21-14(16-11)17-12(18)5-4-10-3-2-6-15-8-10/h2-6,8-9H,7H2,1H3,(H,16,17,18)/b5-4+. The van der Waals surface area contributed by atoms with E-state index >= 15 is 0 Å². The average Bonchev–Trinajstić information content (AvgIpc) is 2.93. The normalized spacial score (nSPS) is 10.5. The van der Waals surface area contributed by atoms with Gasteiger partial charge in [-0.3, -0.25) is 19.9 Å². The summed E-state index contributed by atoms with van der Waals surface area (Å²) in [5, 5.41) is 4.78. The summed E-state index contributed by atoms with van der Waals surface area (Å²) in [7, 11) is 1.32. The summed E-state index contributed by atoms with van der Waals surface area (Å²) in [5.74, 6) is -0.660. The number of nitrogens with one attached hydrogen (secondary N) is 1. The van der Waals surface area contributed by atoms with Crippen LogP contribution in [0.25, 0.3) is 6.08 Å². The van der Waals surface area contributed by atoms with Crippen molar-refractivity contribution in [1.82, 2.24) is 9.97 Å². The van der Waals surface area contributed by atoms with Crippen LogP contribution in [0.15, 0.2) is 36.0 Å². The minimum atomic E-state index is -0.366. The molecule has 2 rings (SSSR count). The number of hydrogen-bond acceptors (Lipinski definition) is 6. The van der Waals surface area contributed by atoms with Crippen molar-refractivity contribution in [2.75, 3.05) is 12.4 Å². The first-order valence-corrected chi connectivity index (χ1v) is 6.95. The van der Waals surface area contributed by atoms with E-state index in [0.717, 1.165) is 5.56 Å². The van der Waals surface area contributed by atoms with Crippen LogP contribution in [0.4, 0.5) is 5.13 Å². The number of amides is 1. The number of aromatic nitrogens is 2. The summed E-state index contributed by atoms with van der Waals surface area (Å²) in [6.45, 7) is 0. The third kappa shape index (κ3) is 4.81. The molecule has 0 atom stereocenters. The predicted molar refractivity (Wildman–Crippen MR) is 79.7 cm³/mol. The maximum absolute atomic E-state index is 11.7. The summed E-state index contributed by atoms with van der Waals surface area (Å²) < 4.78 is 4.55. The van der Waals surface area contributed by atoms with E-state index in [9.17, 15) is 9.59 Å². The second-order valence-corrected chi connectivity index (χ2v) is 4.86. The van der Waals surface area contributed by atoms with E-state index in [1.54, 1.807) is 29.9 Å². The third-order valence-corrected chi connectivity index (χ3v) is 3.25. The van der Waals surface area contributed by atoms with E-state index < -0.39 is 0 Å². The van der Waals surface area contributed by atoms with Gasteiger partial charge in [-0.2, -0.15) is 0 Å². The molecule has 0 aromatic carbocycles. The van der Waals surface area contributed by atoms with Gasteiger partial charge in [0.15, 0.2) is 5.13 Å². The molecule has 0 spiro atoms. The second kappa shape index (κ2) is 7.30. The zero-order valence-electron chi connectivity index (χ0n) is 11.3. The molecule has 0 aliphatic carbocycles. The Labute approximate surface area is 125 Å². The molecule has 0 saturated carbocycles. The zero-order valence-corrected chi connectivity index (χ0v) is 12.1. The molecule has 1 N–H and O–H groups in total. The third-order valence-electron chi connectivity index (χ3n) is 2.45. The number of anilines is 1. The monoisotopic (exact) mass is 303 g/mol.